The summed E-state index contributed by atoms with van der Waals surface area (Å²) >= 11 is 3.69. The normalized spacial score (nSPS) is 27.6. The highest BCUT2D eigenvalue weighted by atomic mass is 32.2. The van der Waals surface area contributed by atoms with Gasteiger partial charge in [-0.1, -0.05) is 0 Å². The average molecular weight is 313 g/mol. The number of thiazole rings is 1. The highest BCUT2D eigenvalue weighted by Crippen LogP contribution is 2.41. The molecule has 3 nitrogen and oxygen atoms in total. The van der Waals surface area contributed by atoms with Crippen molar-refractivity contribution in [3.05, 3.63) is 16.1 Å². The van der Waals surface area contributed by atoms with Gasteiger partial charge in [0.25, 0.3) is 0 Å². The summed E-state index contributed by atoms with van der Waals surface area (Å²) in [6.07, 6.45) is 4.75. The monoisotopic (exact) mass is 313 g/mol. The number of aliphatic hydroxyl groups excluding tert-OH is 1. The van der Waals surface area contributed by atoms with Crippen LogP contribution in [0.2, 0.25) is 0 Å². The lowest BCUT2D eigenvalue weighted by Crippen LogP contribution is -2.45. The molecule has 2 atom stereocenters. The van der Waals surface area contributed by atoms with Gasteiger partial charge in [0, 0.05) is 24.1 Å². The van der Waals surface area contributed by atoms with Crippen LogP contribution in [0.1, 0.15) is 36.4 Å². The van der Waals surface area contributed by atoms with Crippen LogP contribution in [0, 0.1) is 12.8 Å². The number of hydrogen-bond donors (Lipinski definition) is 1. The lowest BCUT2D eigenvalue weighted by atomic mass is 9.79. The van der Waals surface area contributed by atoms with Gasteiger partial charge in [-0.25, -0.2) is 4.98 Å². The van der Waals surface area contributed by atoms with Crippen molar-refractivity contribution in [3.63, 3.8) is 0 Å². The zero-order valence-electron chi connectivity index (χ0n) is 12.0. The maximum atomic E-state index is 10.6. The molecule has 1 N–H and O–H groups in total. The largest absolute Gasteiger partial charge is 0.392 e. The van der Waals surface area contributed by atoms with E-state index in [2.05, 4.69) is 10.4 Å². The Morgan fingerprint density at radius 1 is 1.50 bits per heavy atom. The minimum Gasteiger partial charge on any atom is -0.392 e. The maximum Gasteiger partial charge on any atom is 0.0954 e. The van der Waals surface area contributed by atoms with Crippen molar-refractivity contribution in [2.75, 3.05) is 18.1 Å². The number of aromatic nitrogens is 1. The first-order valence-corrected chi connectivity index (χ1v) is 9.51. The Balaban J connectivity index is 1.61. The molecule has 3 heterocycles. The van der Waals surface area contributed by atoms with Crippen LogP contribution in [0.25, 0.3) is 0 Å². The first-order chi connectivity index (χ1) is 9.67. The summed E-state index contributed by atoms with van der Waals surface area (Å²) < 4.78 is 6.10. The van der Waals surface area contributed by atoms with E-state index in [9.17, 15) is 5.11 Å². The number of hydrogen-bond acceptors (Lipinski definition) is 5. The van der Waals surface area contributed by atoms with Crippen LogP contribution >= 0.6 is 23.1 Å². The third kappa shape index (κ3) is 3.38. The number of thioether (sulfide) groups is 1. The van der Waals surface area contributed by atoms with Gasteiger partial charge in [0.2, 0.25) is 0 Å². The Morgan fingerprint density at radius 2 is 2.30 bits per heavy atom. The quantitative estimate of drug-likeness (QED) is 0.931. The number of ether oxygens (including phenoxy) is 1. The third-order valence-corrected chi connectivity index (χ3v) is 6.50. The van der Waals surface area contributed by atoms with Crippen LogP contribution < -0.4 is 0 Å². The van der Waals surface area contributed by atoms with Gasteiger partial charge in [0.05, 0.1) is 16.7 Å². The van der Waals surface area contributed by atoms with E-state index in [4.69, 9.17) is 4.74 Å². The van der Waals surface area contributed by atoms with E-state index in [-0.39, 0.29) is 11.7 Å². The van der Waals surface area contributed by atoms with E-state index < -0.39 is 0 Å². The predicted octanol–water partition coefficient (Wildman–Crippen LogP) is 3.05. The molecule has 0 radical (unpaired) electrons. The molecule has 2 aliphatic heterocycles. The van der Waals surface area contributed by atoms with E-state index in [1.807, 2.05) is 18.7 Å². The first-order valence-electron chi connectivity index (χ1n) is 7.48. The summed E-state index contributed by atoms with van der Waals surface area (Å²) in [7, 11) is 0. The Bertz CT molecular complexity index is 437. The second kappa shape index (κ2) is 6.34. The predicted molar refractivity (Wildman–Crippen MR) is 84.5 cm³/mol. The third-order valence-electron chi connectivity index (χ3n) is 4.53. The first kappa shape index (κ1) is 14.8. The van der Waals surface area contributed by atoms with Gasteiger partial charge < -0.3 is 9.84 Å². The molecule has 0 aliphatic carbocycles. The standard InChI is InChI=1S/C15H23NO2S2/c1-11-10-20-14(16-11)8-13(17)12-2-5-18-15(9-12)3-6-19-7-4-15/h10,12-13,17H,2-9H2,1H3. The Labute approximate surface area is 129 Å². The highest BCUT2D eigenvalue weighted by molar-refractivity contribution is 7.99. The second-order valence-corrected chi connectivity index (χ2v) is 8.22. The van der Waals surface area contributed by atoms with Gasteiger partial charge in [-0.05, 0) is 50.0 Å². The van der Waals surface area contributed by atoms with Gasteiger partial charge in [0.15, 0.2) is 0 Å². The summed E-state index contributed by atoms with van der Waals surface area (Å²) in [6, 6.07) is 0. The zero-order chi connectivity index (χ0) is 14.0. The van der Waals surface area contributed by atoms with E-state index >= 15 is 0 Å². The van der Waals surface area contributed by atoms with Crippen molar-refractivity contribution < 1.29 is 9.84 Å². The summed E-state index contributed by atoms with van der Waals surface area (Å²) in [5.41, 5.74) is 1.12. The maximum absolute atomic E-state index is 10.6. The zero-order valence-corrected chi connectivity index (χ0v) is 13.6. The second-order valence-electron chi connectivity index (χ2n) is 6.05. The Morgan fingerprint density at radius 3 is 3.00 bits per heavy atom. The van der Waals surface area contributed by atoms with Gasteiger partial charge >= 0.3 is 0 Å². The van der Waals surface area contributed by atoms with Crippen LogP contribution in [-0.2, 0) is 11.2 Å². The lowest BCUT2D eigenvalue weighted by Gasteiger charge is -2.44. The summed E-state index contributed by atoms with van der Waals surface area (Å²) in [6.45, 7) is 2.82. The number of nitrogens with zero attached hydrogens (tertiary/aromatic N) is 1. The van der Waals surface area contributed by atoms with Crippen molar-refractivity contribution in [1.82, 2.24) is 4.98 Å². The highest BCUT2D eigenvalue weighted by Gasteiger charge is 2.40. The van der Waals surface area contributed by atoms with Gasteiger partial charge in [-0.2, -0.15) is 11.8 Å². The van der Waals surface area contributed by atoms with Crippen LogP contribution in [0.15, 0.2) is 5.38 Å². The van der Waals surface area contributed by atoms with Crippen molar-refractivity contribution >= 4 is 23.1 Å². The molecule has 112 valence electrons. The molecule has 3 rings (SSSR count). The summed E-state index contributed by atoms with van der Waals surface area (Å²) in [5, 5.41) is 13.7. The molecule has 1 aromatic heterocycles. The average Bonchev–Trinajstić information content (AvgIpc) is 2.85. The van der Waals surface area contributed by atoms with Crippen LogP contribution in [0.3, 0.4) is 0 Å². The minimum atomic E-state index is -0.268. The van der Waals surface area contributed by atoms with Crippen molar-refractivity contribution in [2.45, 2.75) is 50.7 Å². The lowest BCUT2D eigenvalue weighted by molar-refractivity contribution is -0.120. The fourth-order valence-electron chi connectivity index (χ4n) is 3.33. The molecule has 1 aromatic rings. The molecule has 0 amide bonds. The topological polar surface area (TPSA) is 42.4 Å². The molecule has 0 saturated carbocycles. The van der Waals surface area contributed by atoms with Gasteiger partial charge in [0.1, 0.15) is 0 Å². The van der Waals surface area contributed by atoms with Crippen LogP contribution in [0.4, 0.5) is 0 Å². The summed E-state index contributed by atoms with van der Waals surface area (Å²) in [4.78, 5) is 4.47. The van der Waals surface area contributed by atoms with Crippen molar-refractivity contribution in [3.8, 4) is 0 Å². The Kier molecular flexibility index (Phi) is 4.70. The molecule has 2 saturated heterocycles. The van der Waals surface area contributed by atoms with Crippen LogP contribution in [0.5, 0.6) is 0 Å². The minimum absolute atomic E-state index is 0.0634. The molecule has 2 fully saturated rings. The summed E-state index contributed by atoms with van der Waals surface area (Å²) in [5.74, 6) is 2.78. The van der Waals surface area contributed by atoms with E-state index in [0.717, 1.165) is 43.0 Å². The SMILES string of the molecule is Cc1csc(CC(O)C2CCOC3(CCSCC3)C2)n1. The number of rotatable bonds is 3. The molecular weight excluding hydrogens is 290 g/mol. The van der Waals surface area contributed by atoms with Crippen LogP contribution in [-0.4, -0.2) is 39.9 Å². The molecule has 0 bridgehead atoms. The molecule has 2 aliphatic rings. The van der Waals surface area contributed by atoms with E-state index in [1.165, 1.54) is 11.5 Å². The molecular formula is C15H23NO2S2. The Hall–Kier alpha value is -0.100. The van der Waals surface area contributed by atoms with Gasteiger partial charge in [-0.15, -0.1) is 11.3 Å². The smallest absolute Gasteiger partial charge is 0.0954 e. The van der Waals surface area contributed by atoms with Crippen molar-refractivity contribution in [1.29, 1.82) is 0 Å². The van der Waals surface area contributed by atoms with E-state index in [0.29, 0.717) is 12.3 Å². The number of aliphatic hydroxyl groups is 1. The molecule has 20 heavy (non-hydrogen) atoms. The molecule has 1 spiro atoms. The molecule has 0 aromatic carbocycles. The fraction of sp³-hybridized carbons (Fsp3) is 0.800. The molecule has 5 heteroatoms. The van der Waals surface area contributed by atoms with Crippen molar-refractivity contribution in [2.24, 2.45) is 5.92 Å². The van der Waals surface area contributed by atoms with E-state index in [1.54, 1.807) is 11.3 Å². The number of aryl methyl sites for hydroxylation is 1. The van der Waals surface area contributed by atoms with Gasteiger partial charge in [-0.3, -0.25) is 0 Å². The fourth-order valence-corrected chi connectivity index (χ4v) is 5.39. The molecule has 2 unspecified atom stereocenters.